The third kappa shape index (κ3) is 6.65. The highest BCUT2D eigenvalue weighted by atomic mass is 32.2. The number of imidazole rings is 1. The second kappa shape index (κ2) is 9.85. The van der Waals surface area contributed by atoms with Crippen LogP contribution in [0.4, 0.5) is 23.1 Å². The lowest BCUT2D eigenvalue weighted by Crippen LogP contribution is -2.40. The quantitative estimate of drug-likeness (QED) is 0.330. The highest BCUT2D eigenvalue weighted by Crippen LogP contribution is 2.24. The minimum Gasteiger partial charge on any atom is -0.340 e. The Morgan fingerprint density at radius 1 is 1.00 bits per heavy atom. The highest BCUT2D eigenvalue weighted by Gasteiger charge is 2.22. The fraction of sp³-hybridized carbons (Fsp3) is 0.240. The minimum absolute atomic E-state index is 0.179. The van der Waals surface area contributed by atoms with E-state index in [9.17, 15) is 8.42 Å². The smallest absolute Gasteiger partial charge is 0.241 e. The maximum atomic E-state index is 12.7. The van der Waals surface area contributed by atoms with Crippen LogP contribution in [0.2, 0.25) is 0 Å². The van der Waals surface area contributed by atoms with E-state index in [1.807, 2.05) is 42.0 Å². The molecule has 2 aromatic heterocycles. The molecule has 0 amide bonds. The largest absolute Gasteiger partial charge is 0.340 e. The molecule has 182 valence electrons. The van der Waals surface area contributed by atoms with Crippen molar-refractivity contribution in [1.29, 1.82) is 0 Å². The summed E-state index contributed by atoms with van der Waals surface area (Å²) < 4.78 is 30.1. The number of aromatic nitrogens is 4. The Morgan fingerprint density at radius 2 is 1.77 bits per heavy atom. The molecule has 3 N–H and O–H groups in total. The van der Waals surface area contributed by atoms with Crippen molar-refractivity contribution < 1.29 is 8.42 Å². The Kier molecular flexibility index (Phi) is 6.86. The van der Waals surface area contributed by atoms with Crippen molar-refractivity contribution in [2.45, 2.75) is 44.7 Å². The van der Waals surface area contributed by atoms with Gasteiger partial charge in [-0.05, 0) is 63.6 Å². The molecule has 9 nitrogen and oxygen atoms in total. The number of hydrogen-bond acceptors (Lipinski definition) is 7. The highest BCUT2D eigenvalue weighted by molar-refractivity contribution is 7.89. The molecule has 0 radical (unpaired) electrons. The molecule has 0 aliphatic rings. The molecule has 0 saturated carbocycles. The van der Waals surface area contributed by atoms with E-state index < -0.39 is 15.6 Å². The van der Waals surface area contributed by atoms with E-state index in [2.05, 4.69) is 30.3 Å². The third-order valence-corrected chi connectivity index (χ3v) is 6.71. The van der Waals surface area contributed by atoms with Gasteiger partial charge in [0.05, 0.1) is 11.2 Å². The van der Waals surface area contributed by atoms with Gasteiger partial charge in [0.15, 0.2) is 0 Å². The van der Waals surface area contributed by atoms with Crippen molar-refractivity contribution in [1.82, 2.24) is 24.2 Å². The third-order valence-electron chi connectivity index (χ3n) is 4.95. The maximum Gasteiger partial charge on any atom is 0.241 e. The molecule has 4 rings (SSSR count). The molecule has 0 bridgehead atoms. The van der Waals surface area contributed by atoms with Crippen molar-refractivity contribution in [3.8, 4) is 0 Å². The van der Waals surface area contributed by atoms with Gasteiger partial charge in [-0.25, -0.2) is 23.1 Å². The average Bonchev–Trinajstić information content (AvgIpc) is 3.29. The number of sulfonamides is 1. The first-order chi connectivity index (χ1) is 16.6. The first-order valence-corrected chi connectivity index (χ1v) is 12.6. The number of nitrogens with zero attached hydrogens (tertiary/aromatic N) is 4. The molecule has 0 aliphatic heterocycles. The number of nitrogens with one attached hydrogen (secondary N) is 3. The Hall–Kier alpha value is -3.76. The molecule has 0 aliphatic carbocycles. The van der Waals surface area contributed by atoms with E-state index in [0.717, 1.165) is 23.4 Å². The molecule has 2 aromatic carbocycles. The number of aryl methyl sites for hydroxylation is 1. The number of benzene rings is 2. The lowest BCUT2D eigenvalue weighted by molar-refractivity contribution is 0.491. The van der Waals surface area contributed by atoms with E-state index in [1.54, 1.807) is 63.8 Å². The van der Waals surface area contributed by atoms with Gasteiger partial charge in [0.1, 0.15) is 5.82 Å². The van der Waals surface area contributed by atoms with Crippen LogP contribution >= 0.6 is 0 Å². The van der Waals surface area contributed by atoms with Gasteiger partial charge in [0, 0.05) is 47.6 Å². The van der Waals surface area contributed by atoms with Crippen LogP contribution in [0, 0.1) is 6.92 Å². The monoisotopic (exact) mass is 491 g/mol. The van der Waals surface area contributed by atoms with Gasteiger partial charge in [0.25, 0.3) is 0 Å². The zero-order valence-electron chi connectivity index (χ0n) is 20.1. The summed E-state index contributed by atoms with van der Waals surface area (Å²) in [6.07, 6.45) is 7.18. The van der Waals surface area contributed by atoms with Gasteiger partial charge < -0.3 is 15.2 Å². The van der Waals surface area contributed by atoms with Gasteiger partial charge in [-0.3, -0.25) is 0 Å². The molecule has 0 spiro atoms. The fourth-order valence-electron chi connectivity index (χ4n) is 3.38. The zero-order valence-corrected chi connectivity index (χ0v) is 21.0. The van der Waals surface area contributed by atoms with E-state index >= 15 is 0 Å². The van der Waals surface area contributed by atoms with Crippen LogP contribution in [0.3, 0.4) is 0 Å². The van der Waals surface area contributed by atoms with Crippen LogP contribution in [0.25, 0.3) is 0 Å². The zero-order chi connectivity index (χ0) is 25.1. The number of anilines is 4. The average molecular weight is 492 g/mol. The molecule has 0 unspecified atom stereocenters. The SMILES string of the molecule is Cc1cnc(Nc2ccc(Cn3ccnc3)cc2)nc1Nc1cccc(S(=O)(=O)NC(C)(C)C)c1. The summed E-state index contributed by atoms with van der Waals surface area (Å²) in [6.45, 7) is 8.05. The molecule has 0 atom stereocenters. The molecule has 10 heteroatoms. The molecular formula is C25H29N7O2S. The van der Waals surface area contributed by atoms with Gasteiger partial charge in [-0.15, -0.1) is 0 Å². The maximum absolute atomic E-state index is 12.7. The molecule has 0 fully saturated rings. The summed E-state index contributed by atoms with van der Waals surface area (Å²) in [4.78, 5) is 13.2. The molecule has 35 heavy (non-hydrogen) atoms. The Balaban J connectivity index is 1.48. The summed E-state index contributed by atoms with van der Waals surface area (Å²) in [5.74, 6) is 1.01. The first-order valence-electron chi connectivity index (χ1n) is 11.1. The van der Waals surface area contributed by atoms with E-state index in [1.165, 1.54) is 0 Å². The topological polar surface area (TPSA) is 114 Å². The predicted octanol–water partition coefficient (Wildman–Crippen LogP) is 4.59. The van der Waals surface area contributed by atoms with E-state index in [4.69, 9.17) is 0 Å². The van der Waals surface area contributed by atoms with Crippen molar-refractivity contribution in [3.63, 3.8) is 0 Å². The Morgan fingerprint density at radius 3 is 2.46 bits per heavy atom. The van der Waals surface area contributed by atoms with Crippen molar-refractivity contribution in [2.75, 3.05) is 10.6 Å². The van der Waals surface area contributed by atoms with Crippen molar-refractivity contribution >= 4 is 33.2 Å². The summed E-state index contributed by atoms with van der Waals surface area (Å²) in [5.41, 5.74) is 2.86. The summed E-state index contributed by atoms with van der Waals surface area (Å²) >= 11 is 0. The fourth-order valence-corrected chi connectivity index (χ4v) is 4.85. The summed E-state index contributed by atoms with van der Waals surface area (Å²) in [7, 11) is -3.65. The van der Waals surface area contributed by atoms with Crippen LogP contribution < -0.4 is 15.4 Å². The van der Waals surface area contributed by atoms with Gasteiger partial charge in [-0.2, -0.15) is 4.98 Å². The van der Waals surface area contributed by atoms with Gasteiger partial charge >= 0.3 is 0 Å². The first kappa shape index (κ1) is 24.4. The second-order valence-corrected chi connectivity index (χ2v) is 11.0. The van der Waals surface area contributed by atoms with Crippen LogP contribution in [0.1, 0.15) is 31.9 Å². The van der Waals surface area contributed by atoms with Gasteiger partial charge in [0.2, 0.25) is 16.0 Å². The Bertz CT molecular complexity index is 1390. The normalized spacial score (nSPS) is 11.9. The minimum atomic E-state index is -3.65. The molecule has 4 aromatic rings. The Labute approximate surface area is 205 Å². The van der Waals surface area contributed by atoms with Crippen molar-refractivity contribution in [2.24, 2.45) is 0 Å². The number of hydrogen-bond donors (Lipinski definition) is 3. The van der Waals surface area contributed by atoms with Crippen LogP contribution in [-0.4, -0.2) is 33.5 Å². The molecule has 2 heterocycles. The summed E-state index contributed by atoms with van der Waals surface area (Å²) in [6, 6.07) is 14.7. The number of rotatable bonds is 8. The predicted molar refractivity (Wildman–Crippen MR) is 138 cm³/mol. The lowest BCUT2D eigenvalue weighted by atomic mass is 10.1. The van der Waals surface area contributed by atoms with Crippen LogP contribution in [0.5, 0.6) is 0 Å². The molecule has 0 saturated heterocycles. The van der Waals surface area contributed by atoms with Gasteiger partial charge in [-0.1, -0.05) is 18.2 Å². The van der Waals surface area contributed by atoms with E-state index in [0.29, 0.717) is 17.5 Å². The molecular weight excluding hydrogens is 462 g/mol. The van der Waals surface area contributed by atoms with Crippen LogP contribution in [-0.2, 0) is 16.6 Å². The van der Waals surface area contributed by atoms with Crippen molar-refractivity contribution in [3.05, 3.63) is 84.6 Å². The van der Waals surface area contributed by atoms with E-state index in [-0.39, 0.29) is 4.90 Å². The standard InChI is InChI=1S/C25H29N7O2S/c1-18-15-27-24(29-20-10-8-19(9-11-20)16-32-13-12-26-17-32)30-23(18)28-21-6-5-7-22(14-21)35(33,34)31-25(2,3)4/h5-15,17,31H,16H2,1-4H3,(H2,27,28,29,30). The summed E-state index contributed by atoms with van der Waals surface area (Å²) in [5, 5.41) is 6.43. The second-order valence-electron chi connectivity index (χ2n) is 9.29. The lowest BCUT2D eigenvalue weighted by Gasteiger charge is -2.20. The van der Waals surface area contributed by atoms with Crippen LogP contribution in [0.15, 0.2) is 78.3 Å².